The van der Waals surface area contributed by atoms with Crippen LogP contribution in [0, 0.1) is 0 Å². The number of hydrogen-bond donors (Lipinski definition) is 1. The fraction of sp³-hybridized carbons (Fsp3) is 0.647. The molecule has 0 saturated heterocycles. The molecular weight excluding hydrogens is 236 g/mol. The van der Waals surface area contributed by atoms with E-state index in [2.05, 4.69) is 6.92 Å². The van der Waals surface area contributed by atoms with Gasteiger partial charge in [0.15, 0.2) is 0 Å². The van der Waals surface area contributed by atoms with E-state index in [4.69, 9.17) is 4.74 Å². The summed E-state index contributed by atoms with van der Waals surface area (Å²) in [6.45, 7) is 3.71. The van der Waals surface area contributed by atoms with Gasteiger partial charge in [0.05, 0.1) is 6.10 Å². The van der Waals surface area contributed by atoms with Crippen molar-refractivity contribution in [1.29, 1.82) is 0 Å². The van der Waals surface area contributed by atoms with E-state index < -0.39 is 6.10 Å². The number of aliphatic hydroxyl groups excluding tert-OH is 1. The molecule has 1 aromatic carbocycles. The fourth-order valence-corrected chi connectivity index (χ4v) is 2.12. The molecule has 2 nitrogen and oxygen atoms in total. The SMILES string of the molecule is CCCCCCCCOCCC(O)c1ccccc1. The first-order chi connectivity index (χ1) is 9.34. The molecule has 1 rings (SSSR count). The smallest absolute Gasteiger partial charge is 0.0812 e. The van der Waals surface area contributed by atoms with Crippen LogP contribution in [-0.2, 0) is 4.74 Å². The zero-order valence-electron chi connectivity index (χ0n) is 12.2. The zero-order valence-corrected chi connectivity index (χ0v) is 12.2. The summed E-state index contributed by atoms with van der Waals surface area (Å²) in [5.74, 6) is 0. The quantitative estimate of drug-likeness (QED) is 0.597. The van der Waals surface area contributed by atoms with Crippen LogP contribution in [0.3, 0.4) is 0 Å². The molecule has 0 aliphatic rings. The zero-order chi connectivity index (χ0) is 13.8. The highest BCUT2D eigenvalue weighted by Gasteiger charge is 2.05. The third kappa shape index (κ3) is 8.02. The van der Waals surface area contributed by atoms with Crippen LogP contribution >= 0.6 is 0 Å². The molecule has 1 aromatic rings. The summed E-state index contributed by atoms with van der Waals surface area (Å²) in [7, 11) is 0. The summed E-state index contributed by atoms with van der Waals surface area (Å²) in [4.78, 5) is 0. The highest BCUT2D eigenvalue weighted by molar-refractivity contribution is 5.16. The van der Waals surface area contributed by atoms with Crippen molar-refractivity contribution < 1.29 is 9.84 Å². The Morgan fingerprint density at radius 3 is 2.37 bits per heavy atom. The Kier molecular flexibility index (Phi) is 9.38. The van der Waals surface area contributed by atoms with Crippen LogP contribution in [0.4, 0.5) is 0 Å². The highest BCUT2D eigenvalue weighted by atomic mass is 16.5. The van der Waals surface area contributed by atoms with Crippen molar-refractivity contribution in [3.8, 4) is 0 Å². The second-order valence-electron chi connectivity index (χ2n) is 5.10. The average Bonchev–Trinajstić information content (AvgIpc) is 2.46. The molecule has 0 fully saturated rings. The van der Waals surface area contributed by atoms with Gasteiger partial charge in [-0.3, -0.25) is 0 Å². The van der Waals surface area contributed by atoms with Gasteiger partial charge in [0.1, 0.15) is 0 Å². The topological polar surface area (TPSA) is 29.5 Å². The molecule has 0 spiro atoms. The molecule has 2 heteroatoms. The molecule has 108 valence electrons. The van der Waals surface area contributed by atoms with Crippen LogP contribution in [0.5, 0.6) is 0 Å². The summed E-state index contributed by atoms with van der Waals surface area (Å²) in [5, 5.41) is 9.94. The van der Waals surface area contributed by atoms with E-state index in [1.165, 1.54) is 32.1 Å². The van der Waals surface area contributed by atoms with Gasteiger partial charge in [0, 0.05) is 19.6 Å². The van der Waals surface area contributed by atoms with Gasteiger partial charge in [-0.05, 0) is 12.0 Å². The first kappa shape index (κ1) is 16.2. The Morgan fingerprint density at radius 1 is 0.947 bits per heavy atom. The molecule has 0 aliphatic carbocycles. The molecule has 1 N–H and O–H groups in total. The van der Waals surface area contributed by atoms with Crippen LogP contribution in [0.15, 0.2) is 30.3 Å². The predicted octanol–water partition coefficient (Wildman–Crippen LogP) is 4.49. The van der Waals surface area contributed by atoms with Gasteiger partial charge in [0.25, 0.3) is 0 Å². The molecule has 0 amide bonds. The van der Waals surface area contributed by atoms with Gasteiger partial charge < -0.3 is 9.84 Å². The van der Waals surface area contributed by atoms with Crippen molar-refractivity contribution in [2.75, 3.05) is 13.2 Å². The molecule has 1 atom stereocenters. The molecule has 0 aromatic heterocycles. The largest absolute Gasteiger partial charge is 0.388 e. The maximum atomic E-state index is 9.94. The van der Waals surface area contributed by atoms with Gasteiger partial charge in [-0.1, -0.05) is 69.4 Å². The average molecular weight is 264 g/mol. The van der Waals surface area contributed by atoms with Crippen molar-refractivity contribution in [3.05, 3.63) is 35.9 Å². The predicted molar refractivity (Wildman–Crippen MR) is 80.2 cm³/mol. The normalized spacial score (nSPS) is 12.5. The third-order valence-corrected chi connectivity index (χ3v) is 3.36. The molecule has 0 bridgehead atoms. The summed E-state index contributed by atoms with van der Waals surface area (Å²) in [6, 6.07) is 9.79. The van der Waals surface area contributed by atoms with Crippen molar-refractivity contribution in [3.63, 3.8) is 0 Å². The first-order valence-corrected chi connectivity index (χ1v) is 7.65. The minimum Gasteiger partial charge on any atom is -0.388 e. The van der Waals surface area contributed by atoms with E-state index in [0.717, 1.165) is 18.6 Å². The van der Waals surface area contributed by atoms with Crippen molar-refractivity contribution in [2.24, 2.45) is 0 Å². The number of rotatable bonds is 11. The van der Waals surface area contributed by atoms with E-state index >= 15 is 0 Å². The Balaban J connectivity index is 1.93. The van der Waals surface area contributed by atoms with Crippen LogP contribution in [0.25, 0.3) is 0 Å². The van der Waals surface area contributed by atoms with Crippen LogP contribution in [-0.4, -0.2) is 18.3 Å². The van der Waals surface area contributed by atoms with Crippen molar-refractivity contribution in [2.45, 2.75) is 58.0 Å². The van der Waals surface area contributed by atoms with E-state index in [0.29, 0.717) is 13.0 Å². The highest BCUT2D eigenvalue weighted by Crippen LogP contribution is 2.15. The monoisotopic (exact) mass is 264 g/mol. The Labute approximate surface area is 117 Å². The number of benzene rings is 1. The van der Waals surface area contributed by atoms with Crippen LogP contribution in [0.1, 0.15) is 63.5 Å². The summed E-state index contributed by atoms with van der Waals surface area (Å²) < 4.78 is 5.57. The minimum absolute atomic E-state index is 0.397. The second kappa shape index (κ2) is 11.0. The van der Waals surface area contributed by atoms with Gasteiger partial charge >= 0.3 is 0 Å². The number of hydrogen-bond acceptors (Lipinski definition) is 2. The molecule has 19 heavy (non-hydrogen) atoms. The Bertz CT molecular complexity index is 297. The maximum absolute atomic E-state index is 9.94. The third-order valence-electron chi connectivity index (χ3n) is 3.36. The van der Waals surface area contributed by atoms with Crippen molar-refractivity contribution >= 4 is 0 Å². The van der Waals surface area contributed by atoms with Gasteiger partial charge in [0.2, 0.25) is 0 Å². The second-order valence-corrected chi connectivity index (χ2v) is 5.10. The summed E-state index contributed by atoms with van der Waals surface area (Å²) in [6.07, 6.45) is 8.02. The maximum Gasteiger partial charge on any atom is 0.0812 e. The van der Waals surface area contributed by atoms with E-state index in [-0.39, 0.29) is 0 Å². The number of aliphatic hydroxyl groups is 1. The number of unbranched alkanes of at least 4 members (excludes halogenated alkanes) is 5. The Hall–Kier alpha value is -0.860. The lowest BCUT2D eigenvalue weighted by Gasteiger charge is -2.11. The van der Waals surface area contributed by atoms with Gasteiger partial charge in [-0.15, -0.1) is 0 Å². The minimum atomic E-state index is -0.397. The first-order valence-electron chi connectivity index (χ1n) is 7.65. The number of ether oxygens (including phenoxy) is 1. The van der Waals surface area contributed by atoms with Crippen LogP contribution < -0.4 is 0 Å². The van der Waals surface area contributed by atoms with E-state index in [1.807, 2.05) is 30.3 Å². The molecular formula is C17H28O2. The Morgan fingerprint density at radius 2 is 1.63 bits per heavy atom. The standard InChI is InChI=1S/C17H28O2/c1-2-3-4-5-6-10-14-19-15-13-17(18)16-11-8-7-9-12-16/h7-9,11-12,17-18H,2-6,10,13-15H2,1H3. The lowest BCUT2D eigenvalue weighted by atomic mass is 10.1. The van der Waals surface area contributed by atoms with Crippen LogP contribution in [0.2, 0.25) is 0 Å². The molecule has 0 saturated carbocycles. The molecule has 0 radical (unpaired) electrons. The lowest BCUT2D eigenvalue weighted by Crippen LogP contribution is -2.04. The lowest BCUT2D eigenvalue weighted by molar-refractivity contribution is 0.0798. The summed E-state index contributed by atoms with van der Waals surface area (Å²) in [5.41, 5.74) is 0.977. The van der Waals surface area contributed by atoms with E-state index in [9.17, 15) is 5.11 Å². The summed E-state index contributed by atoms with van der Waals surface area (Å²) >= 11 is 0. The van der Waals surface area contributed by atoms with Gasteiger partial charge in [-0.25, -0.2) is 0 Å². The van der Waals surface area contributed by atoms with Crippen molar-refractivity contribution in [1.82, 2.24) is 0 Å². The molecule has 0 aliphatic heterocycles. The molecule has 0 heterocycles. The van der Waals surface area contributed by atoms with E-state index in [1.54, 1.807) is 0 Å². The molecule has 1 unspecified atom stereocenters. The van der Waals surface area contributed by atoms with Gasteiger partial charge in [-0.2, -0.15) is 0 Å². The fourth-order valence-electron chi connectivity index (χ4n) is 2.12.